The van der Waals surface area contributed by atoms with Gasteiger partial charge in [0.05, 0.1) is 6.21 Å². The van der Waals surface area contributed by atoms with Crippen LogP contribution in [0.2, 0.25) is 0 Å². The summed E-state index contributed by atoms with van der Waals surface area (Å²) < 4.78 is 0. The number of aromatic nitrogens is 3. The van der Waals surface area contributed by atoms with Crippen LogP contribution in [0.3, 0.4) is 0 Å². The summed E-state index contributed by atoms with van der Waals surface area (Å²) >= 11 is 0. The predicted octanol–water partition coefficient (Wildman–Crippen LogP) is 1.71. The van der Waals surface area contributed by atoms with Gasteiger partial charge >= 0.3 is 0 Å². The van der Waals surface area contributed by atoms with Gasteiger partial charge in [-0.15, -0.1) is 0 Å². The fourth-order valence-corrected chi connectivity index (χ4v) is 1.68. The maximum atomic E-state index is 5.46. The van der Waals surface area contributed by atoms with E-state index in [4.69, 9.17) is 16.3 Å². The first-order valence-corrected chi connectivity index (χ1v) is 6.56. The van der Waals surface area contributed by atoms with Gasteiger partial charge in [-0.05, 0) is 17.0 Å². The number of nitrogens with zero attached hydrogens (tertiary/aromatic N) is 4. The van der Waals surface area contributed by atoms with E-state index in [9.17, 15) is 0 Å². The van der Waals surface area contributed by atoms with Gasteiger partial charge in [0.15, 0.2) is 12.4 Å². The number of nitrogen functional groups attached to an aromatic ring is 2. The molecule has 7 heteroatoms. The molecule has 0 aliphatic heterocycles. The summed E-state index contributed by atoms with van der Waals surface area (Å²) in [6.07, 6.45) is 1.62. The Hall–Kier alpha value is -2.70. The highest BCUT2D eigenvalue weighted by Crippen LogP contribution is 2.13. The van der Waals surface area contributed by atoms with Crippen molar-refractivity contribution in [2.75, 3.05) is 11.5 Å². The van der Waals surface area contributed by atoms with Crippen LogP contribution in [0.25, 0.3) is 0 Å². The molecule has 0 bridgehead atoms. The van der Waals surface area contributed by atoms with Crippen LogP contribution in [-0.2, 0) is 11.4 Å². The van der Waals surface area contributed by atoms with Crippen molar-refractivity contribution in [2.24, 2.45) is 5.16 Å². The molecule has 1 aromatic heterocycles. The lowest BCUT2D eigenvalue weighted by molar-refractivity contribution is 0.126. The fraction of sp³-hybridized carbons (Fsp3) is 0.286. The van der Waals surface area contributed by atoms with E-state index in [2.05, 4.69) is 46.1 Å². The summed E-state index contributed by atoms with van der Waals surface area (Å²) in [6.45, 7) is 4.38. The molecule has 0 unspecified atom stereocenters. The van der Waals surface area contributed by atoms with Crippen molar-refractivity contribution < 1.29 is 4.84 Å². The second kappa shape index (κ2) is 6.65. The van der Waals surface area contributed by atoms with Gasteiger partial charge in [0.25, 0.3) is 0 Å². The van der Waals surface area contributed by atoms with E-state index in [1.54, 1.807) is 6.21 Å². The lowest BCUT2D eigenvalue weighted by Crippen LogP contribution is -2.07. The number of anilines is 2. The number of hydrogen-bond donors (Lipinski definition) is 2. The third kappa shape index (κ3) is 4.41. The molecular weight excluding hydrogens is 268 g/mol. The van der Waals surface area contributed by atoms with Crippen LogP contribution in [0.5, 0.6) is 0 Å². The van der Waals surface area contributed by atoms with Gasteiger partial charge in [0.1, 0.15) is 0 Å². The molecule has 0 aliphatic rings. The number of hydrogen-bond acceptors (Lipinski definition) is 7. The molecule has 0 aliphatic carbocycles. The first kappa shape index (κ1) is 14.7. The molecule has 2 rings (SSSR count). The van der Waals surface area contributed by atoms with E-state index in [0.29, 0.717) is 11.7 Å². The Kier molecular flexibility index (Phi) is 4.65. The minimum absolute atomic E-state index is 0.0642. The fourth-order valence-electron chi connectivity index (χ4n) is 1.68. The number of benzene rings is 1. The maximum absolute atomic E-state index is 5.46. The molecule has 0 amide bonds. The summed E-state index contributed by atoms with van der Waals surface area (Å²) in [4.78, 5) is 16.6. The molecule has 2 aromatic rings. The standard InChI is InChI=1S/C14H18N6O/c1-9(2)11-5-3-10(4-6-11)7-17-21-8-12-18-13(15)20-14(16)19-12/h3-7,9H,8H2,1-2H3,(H4,15,16,18,19,20)/b17-7-. The predicted molar refractivity (Wildman–Crippen MR) is 81.6 cm³/mol. The summed E-state index contributed by atoms with van der Waals surface area (Å²) in [6, 6.07) is 8.11. The Morgan fingerprint density at radius 3 is 2.29 bits per heavy atom. The van der Waals surface area contributed by atoms with Gasteiger partial charge in [-0.1, -0.05) is 43.3 Å². The molecule has 0 fully saturated rings. The Morgan fingerprint density at radius 2 is 1.71 bits per heavy atom. The Bertz CT molecular complexity index is 604. The summed E-state index contributed by atoms with van der Waals surface area (Å²) in [5.74, 6) is 0.975. The molecule has 7 nitrogen and oxygen atoms in total. The van der Waals surface area contributed by atoms with Crippen molar-refractivity contribution in [1.29, 1.82) is 0 Å². The SMILES string of the molecule is CC(C)c1ccc(/C=N\OCc2nc(N)nc(N)n2)cc1. The average molecular weight is 286 g/mol. The van der Waals surface area contributed by atoms with Gasteiger partial charge in [0, 0.05) is 0 Å². The second-order valence-corrected chi connectivity index (χ2v) is 4.80. The summed E-state index contributed by atoms with van der Waals surface area (Å²) in [5, 5.41) is 3.86. The molecule has 1 aromatic carbocycles. The van der Waals surface area contributed by atoms with Gasteiger partial charge in [-0.3, -0.25) is 0 Å². The van der Waals surface area contributed by atoms with Crippen LogP contribution in [0, 0.1) is 0 Å². The largest absolute Gasteiger partial charge is 0.388 e. The topological polar surface area (TPSA) is 112 Å². The monoisotopic (exact) mass is 286 g/mol. The quantitative estimate of drug-likeness (QED) is 0.639. The zero-order chi connectivity index (χ0) is 15.2. The zero-order valence-electron chi connectivity index (χ0n) is 12.0. The molecule has 0 atom stereocenters. The maximum Gasteiger partial charge on any atom is 0.225 e. The summed E-state index contributed by atoms with van der Waals surface area (Å²) in [5.41, 5.74) is 13.1. The first-order chi connectivity index (χ1) is 10.0. The molecule has 1 heterocycles. The number of oxime groups is 1. The third-order valence-electron chi connectivity index (χ3n) is 2.79. The van der Waals surface area contributed by atoms with Crippen LogP contribution < -0.4 is 11.5 Å². The Morgan fingerprint density at radius 1 is 1.10 bits per heavy atom. The van der Waals surface area contributed by atoms with Crippen molar-refractivity contribution in [3.8, 4) is 0 Å². The van der Waals surface area contributed by atoms with Crippen molar-refractivity contribution in [3.63, 3.8) is 0 Å². The van der Waals surface area contributed by atoms with Gasteiger partial charge in [0.2, 0.25) is 11.9 Å². The van der Waals surface area contributed by atoms with Crippen molar-refractivity contribution in [1.82, 2.24) is 15.0 Å². The number of rotatable bonds is 5. The third-order valence-corrected chi connectivity index (χ3v) is 2.79. The molecular formula is C14H18N6O. The highest BCUT2D eigenvalue weighted by molar-refractivity contribution is 5.79. The van der Waals surface area contributed by atoms with Crippen LogP contribution in [0.4, 0.5) is 11.9 Å². The Balaban J connectivity index is 1.90. The highest BCUT2D eigenvalue weighted by Gasteiger charge is 2.01. The smallest absolute Gasteiger partial charge is 0.225 e. The molecule has 4 N–H and O–H groups in total. The van der Waals surface area contributed by atoms with Crippen molar-refractivity contribution in [2.45, 2.75) is 26.4 Å². The van der Waals surface area contributed by atoms with Crippen LogP contribution in [0.15, 0.2) is 29.4 Å². The minimum atomic E-state index is 0.0642. The van der Waals surface area contributed by atoms with Crippen LogP contribution in [0.1, 0.15) is 36.7 Å². The highest BCUT2D eigenvalue weighted by atomic mass is 16.6. The lowest BCUT2D eigenvalue weighted by Gasteiger charge is -2.04. The van der Waals surface area contributed by atoms with Crippen LogP contribution in [-0.4, -0.2) is 21.2 Å². The minimum Gasteiger partial charge on any atom is -0.388 e. The lowest BCUT2D eigenvalue weighted by atomic mass is 10.0. The van der Waals surface area contributed by atoms with E-state index in [0.717, 1.165) is 5.56 Å². The molecule has 110 valence electrons. The van der Waals surface area contributed by atoms with E-state index < -0.39 is 0 Å². The van der Waals surface area contributed by atoms with Gasteiger partial charge in [-0.2, -0.15) is 15.0 Å². The summed E-state index contributed by atoms with van der Waals surface area (Å²) in [7, 11) is 0. The normalized spacial score (nSPS) is 11.2. The number of nitrogens with two attached hydrogens (primary N) is 2. The first-order valence-electron chi connectivity index (χ1n) is 6.56. The van der Waals surface area contributed by atoms with Crippen molar-refractivity contribution >= 4 is 18.1 Å². The van der Waals surface area contributed by atoms with E-state index in [1.807, 2.05) is 12.1 Å². The van der Waals surface area contributed by atoms with E-state index in [1.165, 1.54) is 5.56 Å². The zero-order valence-corrected chi connectivity index (χ0v) is 12.0. The van der Waals surface area contributed by atoms with E-state index >= 15 is 0 Å². The molecule has 0 spiro atoms. The van der Waals surface area contributed by atoms with Gasteiger partial charge < -0.3 is 16.3 Å². The molecule has 21 heavy (non-hydrogen) atoms. The van der Waals surface area contributed by atoms with E-state index in [-0.39, 0.29) is 18.5 Å². The van der Waals surface area contributed by atoms with Crippen LogP contribution >= 0.6 is 0 Å². The van der Waals surface area contributed by atoms with Crippen molar-refractivity contribution in [3.05, 3.63) is 41.2 Å². The van der Waals surface area contributed by atoms with Gasteiger partial charge in [-0.25, -0.2) is 0 Å². The molecule has 0 radical (unpaired) electrons. The average Bonchev–Trinajstić information content (AvgIpc) is 2.43. The molecule has 0 saturated heterocycles. The molecule has 0 saturated carbocycles. The Labute approximate surface area is 123 Å². The second-order valence-electron chi connectivity index (χ2n) is 4.80.